The highest BCUT2D eigenvalue weighted by molar-refractivity contribution is 5.71. The minimum Gasteiger partial charge on any atom is -0.481 e. The van der Waals surface area contributed by atoms with E-state index in [1.54, 1.807) is 0 Å². The molecule has 0 amide bonds. The quantitative estimate of drug-likeness (QED) is 0.826. The molecule has 0 aromatic heterocycles. The Morgan fingerprint density at radius 1 is 1.44 bits per heavy atom. The summed E-state index contributed by atoms with van der Waals surface area (Å²) in [5, 5.41) is 12.3. The fourth-order valence-electron chi connectivity index (χ4n) is 2.61. The van der Waals surface area contributed by atoms with Crippen molar-refractivity contribution in [1.29, 1.82) is 0 Å². The van der Waals surface area contributed by atoms with E-state index < -0.39 is 5.97 Å². The van der Waals surface area contributed by atoms with Crippen molar-refractivity contribution in [3.8, 4) is 5.75 Å². The molecule has 0 bridgehead atoms. The number of benzene rings is 1. The number of hydrogen-bond acceptors (Lipinski definition) is 4. The summed E-state index contributed by atoms with van der Waals surface area (Å²) in [4.78, 5) is 11.0. The van der Waals surface area contributed by atoms with E-state index in [1.807, 2.05) is 18.2 Å². The van der Waals surface area contributed by atoms with Gasteiger partial charge in [-0.05, 0) is 18.1 Å². The van der Waals surface area contributed by atoms with Gasteiger partial charge in [0.15, 0.2) is 6.79 Å². The van der Waals surface area contributed by atoms with Gasteiger partial charge in [-0.1, -0.05) is 12.1 Å². The number of hydrogen-bond donors (Lipinski definition) is 2. The highest BCUT2D eigenvalue weighted by Crippen LogP contribution is 2.35. The summed E-state index contributed by atoms with van der Waals surface area (Å²) in [7, 11) is 0. The average Bonchev–Trinajstić information content (AvgIpc) is 2.87. The van der Waals surface area contributed by atoms with Crippen molar-refractivity contribution in [2.24, 2.45) is 5.92 Å². The summed E-state index contributed by atoms with van der Waals surface area (Å²) in [6.07, 6.45) is 0.617. The van der Waals surface area contributed by atoms with Gasteiger partial charge in [0.05, 0.1) is 12.5 Å². The molecular formula is C13H15NO4. The lowest BCUT2D eigenvalue weighted by Gasteiger charge is -2.23. The van der Waals surface area contributed by atoms with Crippen LogP contribution in [0.5, 0.6) is 5.75 Å². The molecule has 1 saturated heterocycles. The molecule has 0 radical (unpaired) electrons. The molecule has 1 aromatic carbocycles. The van der Waals surface area contributed by atoms with Crippen LogP contribution in [-0.2, 0) is 16.1 Å². The second kappa shape index (κ2) is 4.59. The van der Waals surface area contributed by atoms with E-state index in [1.165, 1.54) is 0 Å². The van der Waals surface area contributed by atoms with Crippen molar-refractivity contribution in [3.05, 3.63) is 29.3 Å². The maximum Gasteiger partial charge on any atom is 0.307 e. The van der Waals surface area contributed by atoms with E-state index in [9.17, 15) is 4.79 Å². The van der Waals surface area contributed by atoms with E-state index in [0.29, 0.717) is 19.6 Å². The van der Waals surface area contributed by atoms with Gasteiger partial charge in [-0.2, -0.15) is 0 Å². The van der Waals surface area contributed by atoms with Crippen molar-refractivity contribution >= 4 is 5.97 Å². The third-order valence-electron chi connectivity index (χ3n) is 3.57. The van der Waals surface area contributed by atoms with Crippen LogP contribution >= 0.6 is 0 Å². The molecule has 3 rings (SSSR count). The molecule has 2 unspecified atom stereocenters. The minimum absolute atomic E-state index is 0.0753. The third-order valence-corrected chi connectivity index (χ3v) is 3.57. The Labute approximate surface area is 105 Å². The second-order valence-electron chi connectivity index (χ2n) is 4.67. The highest BCUT2D eigenvalue weighted by Gasteiger charge is 2.32. The van der Waals surface area contributed by atoms with Gasteiger partial charge < -0.3 is 19.9 Å². The lowest BCUT2D eigenvalue weighted by molar-refractivity contribution is -0.141. The van der Waals surface area contributed by atoms with Gasteiger partial charge in [0, 0.05) is 18.2 Å². The summed E-state index contributed by atoms with van der Waals surface area (Å²) in [6.45, 7) is 1.33. The van der Waals surface area contributed by atoms with Crippen LogP contribution in [0.1, 0.15) is 23.6 Å². The van der Waals surface area contributed by atoms with E-state index in [4.69, 9.17) is 14.6 Å². The molecule has 2 aliphatic heterocycles. The van der Waals surface area contributed by atoms with E-state index in [0.717, 1.165) is 16.9 Å². The zero-order chi connectivity index (χ0) is 12.5. The Morgan fingerprint density at radius 2 is 2.33 bits per heavy atom. The molecule has 0 saturated carbocycles. The average molecular weight is 249 g/mol. The topological polar surface area (TPSA) is 67.8 Å². The number of carbonyl (C=O) groups is 1. The second-order valence-corrected chi connectivity index (χ2v) is 4.67. The monoisotopic (exact) mass is 249 g/mol. The molecule has 2 atom stereocenters. The van der Waals surface area contributed by atoms with Gasteiger partial charge in [0.2, 0.25) is 0 Å². The molecule has 0 aliphatic carbocycles. The number of rotatable bonds is 2. The van der Waals surface area contributed by atoms with Crippen molar-refractivity contribution in [2.75, 3.05) is 13.3 Å². The first kappa shape index (κ1) is 11.5. The van der Waals surface area contributed by atoms with Crippen molar-refractivity contribution in [3.63, 3.8) is 0 Å². The van der Waals surface area contributed by atoms with Crippen LogP contribution in [0.25, 0.3) is 0 Å². The molecule has 2 aliphatic rings. The fourth-order valence-corrected chi connectivity index (χ4v) is 2.61. The molecule has 5 nitrogen and oxygen atoms in total. The zero-order valence-corrected chi connectivity index (χ0v) is 9.89. The standard InChI is InChI=1S/C13H15NO4/c15-13(16)8-4-11(14-5-8)9-2-1-3-12-10(9)6-17-7-18-12/h1-3,8,11,14H,4-7H2,(H,15,16). The molecule has 2 N–H and O–H groups in total. The normalized spacial score (nSPS) is 26.4. The van der Waals surface area contributed by atoms with Crippen LogP contribution in [-0.4, -0.2) is 24.4 Å². The largest absolute Gasteiger partial charge is 0.481 e. The molecule has 1 fully saturated rings. The van der Waals surface area contributed by atoms with Gasteiger partial charge in [0.1, 0.15) is 5.75 Å². The van der Waals surface area contributed by atoms with Crippen molar-refractivity contribution in [2.45, 2.75) is 19.1 Å². The van der Waals surface area contributed by atoms with Crippen LogP contribution in [0.15, 0.2) is 18.2 Å². The van der Waals surface area contributed by atoms with Crippen LogP contribution in [0.4, 0.5) is 0 Å². The van der Waals surface area contributed by atoms with Gasteiger partial charge in [-0.15, -0.1) is 0 Å². The molecule has 1 aromatic rings. The molecular weight excluding hydrogens is 234 g/mol. The van der Waals surface area contributed by atoms with Crippen molar-refractivity contribution in [1.82, 2.24) is 5.32 Å². The Kier molecular flexibility index (Phi) is 2.93. The predicted molar refractivity (Wildman–Crippen MR) is 63.2 cm³/mol. The first-order chi connectivity index (χ1) is 8.75. The van der Waals surface area contributed by atoms with E-state index in [2.05, 4.69) is 5.32 Å². The molecule has 96 valence electrons. The maximum absolute atomic E-state index is 11.0. The smallest absolute Gasteiger partial charge is 0.307 e. The van der Waals surface area contributed by atoms with Crippen LogP contribution < -0.4 is 10.1 Å². The Bertz CT molecular complexity index is 474. The summed E-state index contributed by atoms with van der Waals surface area (Å²) in [5.74, 6) is -0.196. The van der Waals surface area contributed by atoms with Crippen LogP contribution in [0.2, 0.25) is 0 Å². The van der Waals surface area contributed by atoms with E-state index in [-0.39, 0.29) is 18.8 Å². The third kappa shape index (κ3) is 1.95. The summed E-state index contributed by atoms with van der Waals surface area (Å²) in [6, 6.07) is 5.95. The molecule has 0 spiro atoms. The number of carboxylic acid groups (broad SMARTS) is 1. The van der Waals surface area contributed by atoms with E-state index >= 15 is 0 Å². The maximum atomic E-state index is 11.0. The van der Waals surface area contributed by atoms with Gasteiger partial charge >= 0.3 is 5.97 Å². The molecule has 2 heterocycles. The zero-order valence-electron chi connectivity index (χ0n) is 9.89. The van der Waals surface area contributed by atoms with Crippen LogP contribution in [0.3, 0.4) is 0 Å². The first-order valence-corrected chi connectivity index (χ1v) is 6.04. The lowest BCUT2D eigenvalue weighted by Crippen LogP contribution is -2.19. The Hall–Kier alpha value is -1.59. The lowest BCUT2D eigenvalue weighted by atomic mass is 9.95. The van der Waals surface area contributed by atoms with Crippen molar-refractivity contribution < 1.29 is 19.4 Å². The van der Waals surface area contributed by atoms with Crippen LogP contribution in [0, 0.1) is 5.92 Å². The number of nitrogens with one attached hydrogen (secondary N) is 1. The summed E-state index contributed by atoms with van der Waals surface area (Å²) < 4.78 is 10.7. The Morgan fingerprint density at radius 3 is 3.11 bits per heavy atom. The number of aliphatic carboxylic acids is 1. The number of carboxylic acids is 1. The fraction of sp³-hybridized carbons (Fsp3) is 0.462. The highest BCUT2D eigenvalue weighted by atomic mass is 16.7. The number of ether oxygens (including phenoxy) is 2. The summed E-state index contributed by atoms with van der Waals surface area (Å²) >= 11 is 0. The minimum atomic E-state index is -0.734. The molecule has 18 heavy (non-hydrogen) atoms. The summed E-state index contributed by atoms with van der Waals surface area (Å²) in [5.41, 5.74) is 2.13. The van der Waals surface area contributed by atoms with Gasteiger partial charge in [0.25, 0.3) is 0 Å². The van der Waals surface area contributed by atoms with Gasteiger partial charge in [-0.3, -0.25) is 4.79 Å². The first-order valence-electron chi connectivity index (χ1n) is 6.04. The SMILES string of the molecule is O=C(O)C1CNC(c2cccc3c2COCO3)C1. The Balaban J connectivity index is 1.87. The predicted octanol–water partition coefficient (Wildman–Crippen LogP) is 1.29. The molecule has 5 heteroatoms. The van der Waals surface area contributed by atoms with Gasteiger partial charge in [-0.25, -0.2) is 0 Å². The number of fused-ring (bicyclic) bond motifs is 1.